The molecule has 2 aromatic rings. The van der Waals surface area contributed by atoms with Crippen molar-refractivity contribution in [3.8, 4) is 11.1 Å². The first-order valence-corrected chi connectivity index (χ1v) is 11.5. The number of nitrogens with one attached hydrogen (secondary N) is 1. The molecule has 2 aliphatic rings. The van der Waals surface area contributed by atoms with Crippen LogP contribution in [0.15, 0.2) is 22.2 Å². The SMILES string of the molecule is CC(C)(C)NC(=O)C1c2sccc2-c2cscc2C(=O)N1C1CCCCC1. The van der Waals surface area contributed by atoms with Gasteiger partial charge in [0.1, 0.15) is 6.04 Å². The van der Waals surface area contributed by atoms with Crippen LogP contribution in [0.25, 0.3) is 11.1 Å². The van der Waals surface area contributed by atoms with Gasteiger partial charge in [0.15, 0.2) is 0 Å². The molecule has 0 radical (unpaired) electrons. The van der Waals surface area contributed by atoms with E-state index >= 15 is 0 Å². The van der Waals surface area contributed by atoms with Crippen LogP contribution < -0.4 is 5.32 Å². The van der Waals surface area contributed by atoms with E-state index in [-0.39, 0.29) is 23.4 Å². The van der Waals surface area contributed by atoms with Crippen LogP contribution in [0.5, 0.6) is 0 Å². The number of carbonyl (C=O) groups is 2. The van der Waals surface area contributed by atoms with E-state index in [1.54, 1.807) is 22.7 Å². The van der Waals surface area contributed by atoms with E-state index in [0.29, 0.717) is 0 Å². The minimum atomic E-state index is -0.549. The Labute approximate surface area is 168 Å². The molecule has 1 saturated carbocycles. The molecule has 3 heterocycles. The molecule has 1 N–H and O–H groups in total. The molecule has 4 rings (SSSR count). The molecule has 0 aromatic carbocycles. The first-order valence-electron chi connectivity index (χ1n) is 9.65. The second kappa shape index (κ2) is 7.06. The standard InChI is InChI=1S/C21H26N2O2S2/c1-21(2,3)22-19(24)17-18-14(9-10-27-18)15-11-26-12-16(15)20(25)23(17)13-7-5-4-6-8-13/h9-13,17H,4-8H2,1-3H3,(H,22,24). The number of carbonyl (C=O) groups excluding carboxylic acids is 2. The fourth-order valence-electron chi connectivity index (χ4n) is 4.23. The predicted octanol–water partition coefficient (Wildman–Crippen LogP) is 5.22. The summed E-state index contributed by atoms with van der Waals surface area (Å²) in [4.78, 5) is 29.9. The number of thiophene rings is 2. The highest BCUT2D eigenvalue weighted by atomic mass is 32.1. The van der Waals surface area contributed by atoms with Crippen LogP contribution in [-0.2, 0) is 4.79 Å². The Morgan fingerprint density at radius 1 is 1.11 bits per heavy atom. The summed E-state index contributed by atoms with van der Waals surface area (Å²) in [6.07, 6.45) is 5.41. The largest absolute Gasteiger partial charge is 0.349 e. The zero-order chi connectivity index (χ0) is 19.2. The molecule has 27 heavy (non-hydrogen) atoms. The third kappa shape index (κ3) is 3.45. The summed E-state index contributed by atoms with van der Waals surface area (Å²) in [5.74, 6) is -0.0606. The molecule has 1 atom stereocenters. The third-order valence-corrected chi connectivity index (χ3v) is 7.07. The van der Waals surface area contributed by atoms with Crippen molar-refractivity contribution < 1.29 is 9.59 Å². The maximum Gasteiger partial charge on any atom is 0.256 e. The van der Waals surface area contributed by atoms with Gasteiger partial charge in [0.05, 0.1) is 5.56 Å². The van der Waals surface area contributed by atoms with Crippen LogP contribution in [0, 0.1) is 0 Å². The van der Waals surface area contributed by atoms with Gasteiger partial charge in [0.2, 0.25) is 5.91 Å². The van der Waals surface area contributed by atoms with Crippen molar-refractivity contribution >= 4 is 34.5 Å². The molecule has 144 valence electrons. The number of amides is 2. The van der Waals surface area contributed by atoms with Crippen molar-refractivity contribution in [2.75, 3.05) is 0 Å². The molecular formula is C21H26N2O2S2. The van der Waals surface area contributed by atoms with E-state index in [0.717, 1.165) is 47.3 Å². The first-order chi connectivity index (χ1) is 12.9. The van der Waals surface area contributed by atoms with Crippen molar-refractivity contribution in [3.63, 3.8) is 0 Å². The molecule has 0 saturated heterocycles. The average Bonchev–Trinajstić information content (AvgIpc) is 3.25. The van der Waals surface area contributed by atoms with Gasteiger partial charge in [0, 0.05) is 27.4 Å². The molecule has 6 heteroatoms. The lowest BCUT2D eigenvalue weighted by Crippen LogP contribution is -2.52. The van der Waals surface area contributed by atoms with Gasteiger partial charge in [-0.25, -0.2) is 0 Å². The maximum absolute atomic E-state index is 13.6. The van der Waals surface area contributed by atoms with Gasteiger partial charge in [-0.2, -0.15) is 11.3 Å². The Morgan fingerprint density at radius 3 is 2.52 bits per heavy atom. The summed E-state index contributed by atoms with van der Waals surface area (Å²) >= 11 is 3.15. The smallest absolute Gasteiger partial charge is 0.256 e. The molecule has 2 amide bonds. The van der Waals surface area contributed by atoms with Crippen LogP contribution in [-0.4, -0.2) is 28.3 Å². The zero-order valence-corrected chi connectivity index (χ0v) is 17.7. The number of fused-ring (bicyclic) bond motifs is 3. The fraction of sp³-hybridized carbons (Fsp3) is 0.524. The minimum absolute atomic E-state index is 0.00982. The van der Waals surface area contributed by atoms with Gasteiger partial charge in [-0.3, -0.25) is 9.59 Å². The van der Waals surface area contributed by atoms with Crippen molar-refractivity contribution in [1.29, 1.82) is 0 Å². The monoisotopic (exact) mass is 402 g/mol. The molecule has 0 spiro atoms. The van der Waals surface area contributed by atoms with Crippen molar-refractivity contribution in [3.05, 3.63) is 32.6 Å². The fourth-order valence-corrected chi connectivity index (χ4v) is 6.06. The van der Waals surface area contributed by atoms with Gasteiger partial charge in [-0.15, -0.1) is 11.3 Å². The van der Waals surface area contributed by atoms with E-state index in [1.807, 2.05) is 41.8 Å². The molecule has 1 unspecified atom stereocenters. The second-order valence-corrected chi connectivity index (χ2v) is 10.2. The summed E-state index contributed by atoms with van der Waals surface area (Å²) in [6.45, 7) is 5.96. The van der Waals surface area contributed by atoms with Crippen LogP contribution in [0.4, 0.5) is 0 Å². The molecular weight excluding hydrogens is 376 g/mol. The van der Waals surface area contributed by atoms with E-state index in [1.165, 1.54) is 6.42 Å². The lowest BCUT2D eigenvalue weighted by molar-refractivity contribution is -0.128. The highest BCUT2D eigenvalue weighted by Gasteiger charge is 2.43. The number of hydrogen-bond donors (Lipinski definition) is 1. The molecule has 0 bridgehead atoms. The zero-order valence-electron chi connectivity index (χ0n) is 16.1. The van der Waals surface area contributed by atoms with E-state index in [4.69, 9.17) is 0 Å². The Morgan fingerprint density at radius 2 is 1.81 bits per heavy atom. The van der Waals surface area contributed by atoms with Gasteiger partial charge in [0.25, 0.3) is 5.91 Å². The Hall–Kier alpha value is -1.66. The molecule has 1 aliphatic carbocycles. The van der Waals surface area contributed by atoms with Gasteiger partial charge in [-0.05, 0) is 56.0 Å². The summed E-state index contributed by atoms with van der Waals surface area (Å²) in [6, 6.07) is 1.63. The summed E-state index contributed by atoms with van der Waals surface area (Å²) < 4.78 is 0. The van der Waals surface area contributed by atoms with Crippen molar-refractivity contribution in [1.82, 2.24) is 10.2 Å². The predicted molar refractivity (Wildman–Crippen MR) is 111 cm³/mol. The third-order valence-electron chi connectivity index (χ3n) is 5.35. The van der Waals surface area contributed by atoms with E-state index in [9.17, 15) is 9.59 Å². The van der Waals surface area contributed by atoms with Crippen LogP contribution in [0.3, 0.4) is 0 Å². The Kier molecular flexibility index (Phi) is 4.89. The number of rotatable bonds is 2. The number of hydrogen-bond acceptors (Lipinski definition) is 4. The summed E-state index contributed by atoms with van der Waals surface area (Å²) in [7, 11) is 0. The minimum Gasteiger partial charge on any atom is -0.349 e. The van der Waals surface area contributed by atoms with Gasteiger partial charge in [-0.1, -0.05) is 19.3 Å². The second-order valence-electron chi connectivity index (χ2n) is 8.54. The highest BCUT2D eigenvalue weighted by Crippen LogP contribution is 2.45. The van der Waals surface area contributed by atoms with E-state index < -0.39 is 6.04 Å². The highest BCUT2D eigenvalue weighted by molar-refractivity contribution is 7.11. The van der Waals surface area contributed by atoms with Gasteiger partial charge < -0.3 is 10.2 Å². The molecule has 1 aliphatic heterocycles. The quantitative estimate of drug-likeness (QED) is 0.748. The van der Waals surface area contributed by atoms with E-state index in [2.05, 4.69) is 11.4 Å². The first kappa shape index (κ1) is 18.7. The summed E-state index contributed by atoms with van der Waals surface area (Å²) in [5.41, 5.74) is 2.42. The molecule has 4 nitrogen and oxygen atoms in total. The molecule has 1 fully saturated rings. The number of nitrogens with zero attached hydrogens (tertiary/aromatic N) is 1. The summed E-state index contributed by atoms with van der Waals surface area (Å²) in [5, 5.41) is 9.16. The Balaban J connectivity index is 1.85. The Bertz CT molecular complexity index is 856. The average molecular weight is 403 g/mol. The van der Waals surface area contributed by atoms with Crippen LogP contribution in [0.2, 0.25) is 0 Å². The molecule has 2 aromatic heterocycles. The topological polar surface area (TPSA) is 49.4 Å². The lowest BCUT2D eigenvalue weighted by Gasteiger charge is -2.39. The van der Waals surface area contributed by atoms with Crippen LogP contribution >= 0.6 is 22.7 Å². The normalized spacial score (nSPS) is 20.8. The van der Waals surface area contributed by atoms with Crippen LogP contribution in [0.1, 0.15) is 74.2 Å². The lowest BCUT2D eigenvalue weighted by atomic mass is 9.92. The maximum atomic E-state index is 13.6. The van der Waals surface area contributed by atoms with Gasteiger partial charge >= 0.3 is 0 Å². The van der Waals surface area contributed by atoms with Crippen molar-refractivity contribution in [2.45, 2.75) is 70.5 Å². The van der Waals surface area contributed by atoms with Crippen molar-refractivity contribution in [2.24, 2.45) is 0 Å².